The molecule has 106 valence electrons. The molecular weight excluding hydrogens is 242 g/mol. The second-order valence-corrected chi connectivity index (χ2v) is 4.85. The van der Waals surface area contributed by atoms with Gasteiger partial charge in [-0.2, -0.15) is 0 Å². The Balaban J connectivity index is 1.94. The molecule has 1 heterocycles. The van der Waals surface area contributed by atoms with Crippen LogP contribution >= 0.6 is 0 Å². The van der Waals surface area contributed by atoms with E-state index in [1.807, 2.05) is 6.07 Å². The van der Waals surface area contributed by atoms with Crippen molar-refractivity contribution < 1.29 is 14.2 Å². The molecule has 19 heavy (non-hydrogen) atoms. The van der Waals surface area contributed by atoms with Gasteiger partial charge in [0.2, 0.25) is 0 Å². The fourth-order valence-electron chi connectivity index (χ4n) is 2.10. The van der Waals surface area contributed by atoms with Crippen LogP contribution in [0.25, 0.3) is 0 Å². The molecule has 0 radical (unpaired) electrons. The molecule has 4 heteroatoms. The van der Waals surface area contributed by atoms with Gasteiger partial charge in [-0.3, -0.25) is 0 Å². The van der Waals surface area contributed by atoms with Crippen LogP contribution in [0.15, 0.2) is 18.2 Å². The zero-order chi connectivity index (χ0) is 13.5. The van der Waals surface area contributed by atoms with E-state index in [0.717, 1.165) is 50.8 Å². The summed E-state index contributed by atoms with van der Waals surface area (Å²) in [6, 6.07) is 6.24. The zero-order valence-electron chi connectivity index (χ0n) is 11.8. The molecule has 1 N–H and O–H groups in total. The summed E-state index contributed by atoms with van der Waals surface area (Å²) >= 11 is 0. The summed E-state index contributed by atoms with van der Waals surface area (Å²) in [6.45, 7) is 6.23. The second kappa shape index (κ2) is 7.36. The minimum absolute atomic E-state index is 0.439. The van der Waals surface area contributed by atoms with Crippen LogP contribution in [0.5, 0.6) is 11.5 Å². The molecular formula is C15H23NO3. The van der Waals surface area contributed by atoms with Gasteiger partial charge in [0, 0.05) is 26.6 Å². The van der Waals surface area contributed by atoms with Gasteiger partial charge >= 0.3 is 0 Å². The summed E-state index contributed by atoms with van der Waals surface area (Å²) in [5.74, 6) is 2.17. The number of hydrogen-bond acceptors (Lipinski definition) is 4. The molecule has 1 aliphatic rings. The van der Waals surface area contributed by atoms with E-state index in [4.69, 9.17) is 14.2 Å². The van der Waals surface area contributed by atoms with Gasteiger partial charge in [0.05, 0.1) is 19.8 Å². The van der Waals surface area contributed by atoms with Crippen molar-refractivity contribution >= 4 is 0 Å². The quantitative estimate of drug-likeness (QED) is 0.800. The molecule has 0 aromatic heterocycles. The van der Waals surface area contributed by atoms with Crippen LogP contribution in [-0.2, 0) is 4.74 Å². The van der Waals surface area contributed by atoms with Crippen molar-refractivity contribution in [3.05, 3.63) is 23.8 Å². The first kappa shape index (κ1) is 14.2. The van der Waals surface area contributed by atoms with Gasteiger partial charge < -0.3 is 19.5 Å². The largest absolute Gasteiger partial charge is 0.490 e. The average Bonchev–Trinajstić information content (AvgIpc) is 2.67. The molecule has 0 saturated carbocycles. The summed E-state index contributed by atoms with van der Waals surface area (Å²) in [5.41, 5.74) is 1.27. The van der Waals surface area contributed by atoms with E-state index < -0.39 is 0 Å². The van der Waals surface area contributed by atoms with Crippen molar-refractivity contribution in [2.24, 2.45) is 0 Å². The summed E-state index contributed by atoms with van der Waals surface area (Å²) < 4.78 is 16.4. The van der Waals surface area contributed by atoms with Crippen molar-refractivity contribution in [3.63, 3.8) is 0 Å². The molecule has 0 fully saturated rings. The first-order valence-corrected chi connectivity index (χ1v) is 6.90. The van der Waals surface area contributed by atoms with Gasteiger partial charge in [0.1, 0.15) is 0 Å². The minimum Gasteiger partial charge on any atom is -0.490 e. The van der Waals surface area contributed by atoms with Crippen LogP contribution in [0.2, 0.25) is 0 Å². The summed E-state index contributed by atoms with van der Waals surface area (Å²) in [7, 11) is 1.72. The van der Waals surface area contributed by atoms with E-state index in [9.17, 15) is 0 Å². The van der Waals surface area contributed by atoms with Crippen molar-refractivity contribution in [1.29, 1.82) is 0 Å². The first-order chi connectivity index (χ1) is 9.31. The smallest absolute Gasteiger partial charge is 0.161 e. The van der Waals surface area contributed by atoms with Crippen LogP contribution < -0.4 is 14.8 Å². The van der Waals surface area contributed by atoms with E-state index in [1.54, 1.807) is 7.11 Å². The average molecular weight is 265 g/mol. The van der Waals surface area contributed by atoms with Crippen LogP contribution in [0.3, 0.4) is 0 Å². The van der Waals surface area contributed by atoms with E-state index in [0.29, 0.717) is 5.92 Å². The van der Waals surface area contributed by atoms with Gasteiger partial charge in [-0.25, -0.2) is 0 Å². The molecule has 1 atom stereocenters. The monoisotopic (exact) mass is 265 g/mol. The molecule has 2 rings (SSSR count). The van der Waals surface area contributed by atoms with Gasteiger partial charge in [0.25, 0.3) is 0 Å². The van der Waals surface area contributed by atoms with Crippen molar-refractivity contribution in [1.82, 2.24) is 5.32 Å². The Morgan fingerprint density at radius 3 is 2.84 bits per heavy atom. The van der Waals surface area contributed by atoms with Gasteiger partial charge in [-0.1, -0.05) is 13.0 Å². The highest BCUT2D eigenvalue weighted by Crippen LogP contribution is 2.32. The number of methoxy groups -OCH3 is 1. The maximum absolute atomic E-state index is 5.72. The standard InChI is InChI=1S/C15H23NO3/c1-12(11-16-6-9-17-2)13-4-5-14-15(10-13)19-8-3-7-18-14/h4-5,10,12,16H,3,6-9,11H2,1-2H3. The van der Waals surface area contributed by atoms with Gasteiger partial charge in [-0.05, 0) is 23.6 Å². The predicted octanol–water partition coefficient (Wildman–Crippen LogP) is 2.19. The van der Waals surface area contributed by atoms with Gasteiger partial charge in [0.15, 0.2) is 11.5 Å². The topological polar surface area (TPSA) is 39.7 Å². The Labute approximate surface area is 115 Å². The number of nitrogens with one attached hydrogen (secondary N) is 1. The van der Waals surface area contributed by atoms with E-state index >= 15 is 0 Å². The molecule has 4 nitrogen and oxygen atoms in total. The Kier molecular flexibility index (Phi) is 5.48. The van der Waals surface area contributed by atoms with E-state index in [2.05, 4.69) is 24.4 Å². The van der Waals surface area contributed by atoms with Crippen LogP contribution in [0, 0.1) is 0 Å². The fourth-order valence-corrected chi connectivity index (χ4v) is 2.10. The van der Waals surface area contributed by atoms with E-state index in [-0.39, 0.29) is 0 Å². The van der Waals surface area contributed by atoms with Crippen molar-refractivity contribution in [2.45, 2.75) is 19.3 Å². The highest BCUT2D eigenvalue weighted by molar-refractivity contribution is 5.44. The summed E-state index contributed by atoms with van der Waals surface area (Å²) in [6.07, 6.45) is 0.943. The number of ether oxygens (including phenoxy) is 3. The third-order valence-electron chi connectivity index (χ3n) is 3.27. The Bertz CT molecular complexity index is 395. The molecule has 0 bridgehead atoms. The lowest BCUT2D eigenvalue weighted by Crippen LogP contribution is -2.23. The summed E-state index contributed by atoms with van der Waals surface area (Å²) in [4.78, 5) is 0. The SMILES string of the molecule is COCCNCC(C)c1ccc2c(c1)OCCCO2. The Morgan fingerprint density at radius 1 is 1.26 bits per heavy atom. The molecule has 1 unspecified atom stereocenters. The van der Waals surface area contributed by atoms with Gasteiger partial charge in [-0.15, -0.1) is 0 Å². The molecule has 0 amide bonds. The number of benzene rings is 1. The van der Waals surface area contributed by atoms with Crippen molar-refractivity contribution in [2.75, 3.05) is 40.0 Å². The second-order valence-electron chi connectivity index (χ2n) is 4.85. The maximum Gasteiger partial charge on any atom is 0.161 e. The maximum atomic E-state index is 5.72. The highest BCUT2D eigenvalue weighted by Gasteiger charge is 2.13. The Morgan fingerprint density at radius 2 is 2.05 bits per heavy atom. The normalized spacial score (nSPS) is 15.9. The molecule has 0 spiro atoms. The molecule has 0 aliphatic carbocycles. The number of fused-ring (bicyclic) bond motifs is 1. The lowest BCUT2D eigenvalue weighted by molar-refractivity contribution is 0.199. The first-order valence-electron chi connectivity index (χ1n) is 6.90. The van der Waals surface area contributed by atoms with Crippen LogP contribution in [-0.4, -0.2) is 40.0 Å². The minimum atomic E-state index is 0.439. The Hall–Kier alpha value is -1.26. The third-order valence-corrected chi connectivity index (χ3v) is 3.27. The lowest BCUT2D eigenvalue weighted by atomic mass is 10.0. The molecule has 1 aliphatic heterocycles. The lowest BCUT2D eigenvalue weighted by Gasteiger charge is -2.15. The fraction of sp³-hybridized carbons (Fsp3) is 0.600. The number of rotatable bonds is 6. The summed E-state index contributed by atoms with van der Waals surface area (Å²) in [5, 5.41) is 3.38. The van der Waals surface area contributed by atoms with Crippen molar-refractivity contribution in [3.8, 4) is 11.5 Å². The van der Waals surface area contributed by atoms with Crippen LogP contribution in [0.4, 0.5) is 0 Å². The highest BCUT2D eigenvalue weighted by atomic mass is 16.5. The molecule has 1 aromatic carbocycles. The third kappa shape index (κ3) is 4.11. The predicted molar refractivity (Wildman–Crippen MR) is 75.2 cm³/mol. The van der Waals surface area contributed by atoms with Crippen LogP contribution in [0.1, 0.15) is 24.8 Å². The molecule has 1 aromatic rings. The number of hydrogen-bond donors (Lipinski definition) is 1. The molecule has 0 saturated heterocycles. The van der Waals surface area contributed by atoms with E-state index in [1.165, 1.54) is 5.56 Å². The zero-order valence-corrected chi connectivity index (χ0v) is 11.8.